The third-order valence-electron chi connectivity index (χ3n) is 6.35. The van der Waals surface area contributed by atoms with E-state index in [2.05, 4.69) is 5.32 Å². The van der Waals surface area contributed by atoms with E-state index < -0.39 is 5.92 Å². The Morgan fingerprint density at radius 1 is 0.882 bits per heavy atom. The Hall–Kier alpha value is -3.80. The van der Waals surface area contributed by atoms with E-state index in [1.165, 1.54) is 0 Å². The molecule has 0 saturated carbocycles. The molecule has 0 bridgehead atoms. The summed E-state index contributed by atoms with van der Waals surface area (Å²) in [5, 5.41) is 3.07. The van der Waals surface area contributed by atoms with Gasteiger partial charge in [-0.05, 0) is 29.3 Å². The molecule has 176 valence electrons. The fourth-order valence-electron chi connectivity index (χ4n) is 4.52. The molecule has 1 aliphatic heterocycles. The first-order valence-electron chi connectivity index (χ1n) is 11.4. The predicted molar refractivity (Wildman–Crippen MR) is 131 cm³/mol. The van der Waals surface area contributed by atoms with E-state index in [-0.39, 0.29) is 17.7 Å². The van der Waals surface area contributed by atoms with Crippen molar-refractivity contribution in [1.82, 2.24) is 10.2 Å². The minimum Gasteiger partial charge on any atom is -0.497 e. The molecule has 4 rings (SSSR count). The van der Waals surface area contributed by atoms with Crippen LogP contribution in [0.2, 0.25) is 0 Å². The average Bonchev–Trinajstić information content (AvgIpc) is 3.34. The topological polar surface area (TPSA) is 67.9 Å². The van der Waals surface area contributed by atoms with Crippen molar-refractivity contribution >= 4 is 11.8 Å². The highest BCUT2D eigenvalue weighted by atomic mass is 16.5. The Labute approximate surface area is 200 Å². The molecule has 2 atom stereocenters. The van der Waals surface area contributed by atoms with E-state index in [1.807, 2.05) is 78.9 Å². The third-order valence-corrected chi connectivity index (χ3v) is 6.35. The first-order chi connectivity index (χ1) is 16.6. The summed E-state index contributed by atoms with van der Waals surface area (Å²) < 4.78 is 11.0. The lowest BCUT2D eigenvalue weighted by Crippen LogP contribution is -2.35. The van der Waals surface area contributed by atoms with E-state index >= 15 is 0 Å². The van der Waals surface area contributed by atoms with Gasteiger partial charge in [-0.25, -0.2) is 0 Å². The molecule has 6 nitrogen and oxygen atoms in total. The van der Waals surface area contributed by atoms with Crippen molar-refractivity contribution in [2.24, 2.45) is 5.92 Å². The molecule has 1 saturated heterocycles. The fourth-order valence-corrected chi connectivity index (χ4v) is 4.52. The molecule has 0 aliphatic carbocycles. The van der Waals surface area contributed by atoms with Crippen LogP contribution >= 0.6 is 0 Å². The van der Waals surface area contributed by atoms with Gasteiger partial charge in [-0.2, -0.15) is 0 Å². The van der Waals surface area contributed by atoms with Gasteiger partial charge in [0.05, 0.1) is 26.6 Å². The lowest BCUT2D eigenvalue weighted by Gasteiger charge is -2.21. The van der Waals surface area contributed by atoms with E-state index in [4.69, 9.17) is 9.47 Å². The van der Waals surface area contributed by atoms with Gasteiger partial charge in [0.15, 0.2) is 0 Å². The van der Waals surface area contributed by atoms with Crippen molar-refractivity contribution < 1.29 is 19.1 Å². The van der Waals surface area contributed by atoms with Gasteiger partial charge in [0, 0.05) is 31.1 Å². The third kappa shape index (κ3) is 5.39. The van der Waals surface area contributed by atoms with Crippen LogP contribution in [0.3, 0.4) is 0 Å². The van der Waals surface area contributed by atoms with Crippen LogP contribution in [-0.2, 0) is 22.6 Å². The molecule has 0 spiro atoms. The van der Waals surface area contributed by atoms with Gasteiger partial charge in [-0.3, -0.25) is 9.59 Å². The van der Waals surface area contributed by atoms with Crippen molar-refractivity contribution in [3.63, 3.8) is 0 Å². The molecule has 1 fully saturated rings. The van der Waals surface area contributed by atoms with Crippen LogP contribution in [0.25, 0.3) is 0 Å². The number of rotatable bonds is 8. The standard InChI is InChI=1S/C28H30N2O4/c1-33-22-13-14-26(34-2)23(16-22)24-18-30(27(31)15-20-9-5-3-6-10-20)19-25(24)28(32)29-17-21-11-7-4-8-12-21/h3-14,16,24-25H,15,17-19H2,1-2H3,(H,29,32)/t24-,25+/m1/s1. The number of ether oxygens (including phenoxy) is 2. The molecule has 3 aromatic rings. The monoisotopic (exact) mass is 458 g/mol. The summed E-state index contributed by atoms with van der Waals surface area (Å²) in [6.07, 6.45) is 0.307. The van der Waals surface area contributed by atoms with Gasteiger partial charge in [0.2, 0.25) is 11.8 Å². The van der Waals surface area contributed by atoms with Crippen molar-refractivity contribution in [2.75, 3.05) is 27.3 Å². The molecule has 6 heteroatoms. The van der Waals surface area contributed by atoms with Crippen molar-refractivity contribution in [3.05, 3.63) is 95.6 Å². The van der Waals surface area contributed by atoms with Gasteiger partial charge in [-0.15, -0.1) is 0 Å². The number of carbonyl (C=O) groups excluding carboxylic acids is 2. The first kappa shape index (κ1) is 23.4. The quantitative estimate of drug-likeness (QED) is 0.558. The van der Waals surface area contributed by atoms with Gasteiger partial charge in [0.1, 0.15) is 11.5 Å². The van der Waals surface area contributed by atoms with Crippen LogP contribution < -0.4 is 14.8 Å². The van der Waals surface area contributed by atoms with Crippen molar-refractivity contribution in [2.45, 2.75) is 18.9 Å². The maximum atomic E-state index is 13.4. The molecule has 1 heterocycles. The Morgan fingerprint density at radius 3 is 2.21 bits per heavy atom. The number of likely N-dealkylation sites (tertiary alicyclic amines) is 1. The Morgan fingerprint density at radius 2 is 1.56 bits per heavy atom. The highest BCUT2D eigenvalue weighted by Gasteiger charge is 2.41. The zero-order chi connectivity index (χ0) is 23.9. The number of carbonyl (C=O) groups is 2. The van der Waals surface area contributed by atoms with Crippen molar-refractivity contribution in [3.8, 4) is 11.5 Å². The molecule has 0 aromatic heterocycles. The molecule has 2 amide bonds. The molecule has 1 aliphatic rings. The second-order valence-electron chi connectivity index (χ2n) is 8.49. The Balaban J connectivity index is 1.58. The number of methoxy groups -OCH3 is 2. The number of hydrogen-bond acceptors (Lipinski definition) is 4. The largest absolute Gasteiger partial charge is 0.497 e. The smallest absolute Gasteiger partial charge is 0.227 e. The number of nitrogens with one attached hydrogen (secondary N) is 1. The molecule has 1 N–H and O–H groups in total. The van der Waals surface area contributed by atoms with E-state index in [9.17, 15) is 9.59 Å². The maximum Gasteiger partial charge on any atom is 0.227 e. The van der Waals surface area contributed by atoms with E-state index in [0.717, 1.165) is 16.7 Å². The van der Waals surface area contributed by atoms with Gasteiger partial charge >= 0.3 is 0 Å². The summed E-state index contributed by atoms with van der Waals surface area (Å²) >= 11 is 0. The fraction of sp³-hybridized carbons (Fsp3) is 0.286. The predicted octanol–water partition coefficient (Wildman–Crippen LogP) is 3.80. The van der Waals surface area contributed by atoms with Gasteiger partial charge in [0.25, 0.3) is 0 Å². The number of benzene rings is 3. The zero-order valence-corrected chi connectivity index (χ0v) is 19.6. The Kier molecular flexibility index (Phi) is 7.48. The maximum absolute atomic E-state index is 13.4. The summed E-state index contributed by atoms with van der Waals surface area (Å²) in [7, 11) is 3.23. The van der Waals surface area contributed by atoms with E-state index in [1.54, 1.807) is 19.1 Å². The highest BCUT2D eigenvalue weighted by molar-refractivity contribution is 5.84. The van der Waals surface area contributed by atoms with Crippen LogP contribution in [0.1, 0.15) is 22.6 Å². The van der Waals surface area contributed by atoms with E-state index in [0.29, 0.717) is 37.6 Å². The summed E-state index contributed by atoms with van der Waals surface area (Å²) in [6, 6.07) is 25.1. The van der Waals surface area contributed by atoms with Crippen LogP contribution in [0, 0.1) is 5.92 Å². The molecular formula is C28H30N2O4. The molecule has 0 radical (unpaired) electrons. The lowest BCUT2D eigenvalue weighted by molar-refractivity contribution is -0.130. The molecule has 34 heavy (non-hydrogen) atoms. The van der Waals surface area contributed by atoms with Crippen LogP contribution in [0.5, 0.6) is 11.5 Å². The van der Waals surface area contributed by atoms with Crippen LogP contribution in [0.4, 0.5) is 0 Å². The summed E-state index contributed by atoms with van der Waals surface area (Å²) in [5.74, 6) is 0.701. The highest BCUT2D eigenvalue weighted by Crippen LogP contribution is 2.39. The summed E-state index contributed by atoms with van der Waals surface area (Å²) in [6.45, 7) is 1.24. The lowest BCUT2D eigenvalue weighted by atomic mass is 9.87. The Bertz CT molecular complexity index is 1120. The minimum atomic E-state index is -0.399. The zero-order valence-electron chi connectivity index (χ0n) is 19.6. The second kappa shape index (κ2) is 10.9. The summed E-state index contributed by atoms with van der Waals surface area (Å²) in [5.41, 5.74) is 2.86. The van der Waals surface area contributed by atoms with Gasteiger partial charge < -0.3 is 19.7 Å². The normalized spacial score (nSPS) is 17.3. The van der Waals surface area contributed by atoms with Crippen molar-refractivity contribution in [1.29, 1.82) is 0 Å². The number of hydrogen-bond donors (Lipinski definition) is 1. The molecular weight excluding hydrogens is 428 g/mol. The number of amides is 2. The second-order valence-corrected chi connectivity index (χ2v) is 8.49. The first-order valence-corrected chi connectivity index (χ1v) is 11.4. The SMILES string of the molecule is COc1ccc(OC)c([C@H]2CN(C(=O)Cc3ccccc3)C[C@@H]2C(=O)NCc2ccccc2)c1. The van der Waals surface area contributed by atoms with Crippen LogP contribution in [0.15, 0.2) is 78.9 Å². The summed E-state index contributed by atoms with van der Waals surface area (Å²) in [4.78, 5) is 28.3. The minimum absolute atomic E-state index is 0.0106. The number of nitrogens with zero attached hydrogens (tertiary/aromatic N) is 1. The average molecular weight is 459 g/mol. The molecule has 0 unspecified atom stereocenters. The molecule has 3 aromatic carbocycles. The van der Waals surface area contributed by atoms with Gasteiger partial charge in [-0.1, -0.05) is 60.7 Å². The van der Waals surface area contributed by atoms with Crippen LogP contribution in [-0.4, -0.2) is 44.0 Å².